The molecule has 5 nitrogen and oxygen atoms in total. The van der Waals surface area contributed by atoms with Gasteiger partial charge in [0.25, 0.3) is 5.91 Å². The standard InChI is InChI=1S/C17H20N4O/c1-12-6-5-7-13(2)16(12)20-15-11-18-14(10-19-15)17(22)21-8-3-4-9-21/h5-7,10-11H,3-4,8-9H2,1-2H3,(H,19,20). The van der Waals surface area contributed by atoms with Crippen molar-refractivity contribution in [2.45, 2.75) is 26.7 Å². The molecule has 0 atom stereocenters. The number of aromatic nitrogens is 2. The van der Waals surface area contributed by atoms with E-state index >= 15 is 0 Å². The van der Waals surface area contributed by atoms with Gasteiger partial charge in [0.2, 0.25) is 0 Å². The average Bonchev–Trinajstić information content (AvgIpc) is 3.05. The number of aryl methyl sites for hydroxylation is 2. The molecule has 1 aliphatic rings. The van der Waals surface area contributed by atoms with E-state index in [9.17, 15) is 4.79 Å². The normalized spacial score (nSPS) is 14.2. The zero-order valence-electron chi connectivity index (χ0n) is 13.0. The Morgan fingerprint density at radius 2 is 1.77 bits per heavy atom. The van der Waals surface area contributed by atoms with Gasteiger partial charge in [0.1, 0.15) is 11.5 Å². The second-order valence-electron chi connectivity index (χ2n) is 5.68. The molecule has 1 fully saturated rings. The summed E-state index contributed by atoms with van der Waals surface area (Å²) in [6.45, 7) is 5.74. The highest BCUT2D eigenvalue weighted by Crippen LogP contribution is 2.23. The number of nitrogens with zero attached hydrogens (tertiary/aromatic N) is 3. The van der Waals surface area contributed by atoms with Crippen LogP contribution in [-0.4, -0.2) is 33.9 Å². The number of hydrogen-bond donors (Lipinski definition) is 1. The summed E-state index contributed by atoms with van der Waals surface area (Å²) in [4.78, 5) is 22.7. The molecule has 0 radical (unpaired) electrons. The van der Waals surface area contributed by atoms with Crippen LogP contribution in [0.5, 0.6) is 0 Å². The van der Waals surface area contributed by atoms with Crippen molar-refractivity contribution in [2.75, 3.05) is 18.4 Å². The highest BCUT2D eigenvalue weighted by molar-refractivity contribution is 5.92. The number of hydrogen-bond acceptors (Lipinski definition) is 4. The van der Waals surface area contributed by atoms with Gasteiger partial charge in [-0.3, -0.25) is 4.79 Å². The Bertz CT molecular complexity index is 655. The van der Waals surface area contributed by atoms with Crippen LogP contribution in [0.1, 0.15) is 34.5 Å². The molecule has 1 amide bonds. The molecule has 22 heavy (non-hydrogen) atoms. The molecule has 1 aliphatic heterocycles. The fourth-order valence-electron chi connectivity index (χ4n) is 2.72. The third-order valence-corrected chi connectivity index (χ3v) is 4.00. The van der Waals surface area contributed by atoms with Crippen LogP contribution in [0.3, 0.4) is 0 Å². The molecule has 0 bridgehead atoms. The van der Waals surface area contributed by atoms with E-state index in [1.807, 2.05) is 36.9 Å². The molecule has 0 saturated carbocycles. The van der Waals surface area contributed by atoms with E-state index in [1.54, 1.807) is 12.4 Å². The molecule has 0 aliphatic carbocycles. The minimum Gasteiger partial charge on any atom is -0.339 e. The summed E-state index contributed by atoms with van der Waals surface area (Å²) in [6, 6.07) is 6.13. The molecule has 3 rings (SSSR count). The number of benzene rings is 1. The van der Waals surface area contributed by atoms with Crippen LogP contribution in [0.4, 0.5) is 11.5 Å². The Morgan fingerprint density at radius 1 is 1.09 bits per heavy atom. The lowest BCUT2D eigenvalue weighted by Crippen LogP contribution is -2.28. The third-order valence-electron chi connectivity index (χ3n) is 4.00. The van der Waals surface area contributed by atoms with E-state index in [0.717, 1.165) is 42.7 Å². The van der Waals surface area contributed by atoms with Gasteiger partial charge in [-0.2, -0.15) is 0 Å². The zero-order valence-corrected chi connectivity index (χ0v) is 13.0. The maximum atomic E-state index is 12.2. The number of carbonyl (C=O) groups is 1. The lowest BCUT2D eigenvalue weighted by atomic mass is 10.1. The summed E-state index contributed by atoms with van der Waals surface area (Å²) >= 11 is 0. The van der Waals surface area contributed by atoms with Crippen molar-refractivity contribution < 1.29 is 4.79 Å². The number of nitrogens with one attached hydrogen (secondary N) is 1. The van der Waals surface area contributed by atoms with Gasteiger partial charge in [-0.25, -0.2) is 9.97 Å². The van der Waals surface area contributed by atoms with Crippen molar-refractivity contribution in [3.63, 3.8) is 0 Å². The van der Waals surface area contributed by atoms with Crippen molar-refractivity contribution in [1.29, 1.82) is 0 Å². The summed E-state index contributed by atoms with van der Waals surface area (Å²) in [5.41, 5.74) is 3.75. The Hall–Kier alpha value is -2.43. The molecule has 0 spiro atoms. The predicted molar refractivity (Wildman–Crippen MR) is 86.4 cm³/mol. The van der Waals surface area contributed by atoms with Crippen LogP contribution < -0.4 is 5.32 Å². The molecule has 1 aromatic carbocycles. The summed E-state index contributed by atoms with van der Waals surface area (Å²) in [5.74, 6) is 0.624. The Kier molecular flexibility index (Phi) is 4.04. The first kappa shape index (κ1) is 14.5. The van der Waals surface area contributed by atoms with E-state index in [2.05, 4.69) is 15.3 Å². The van der Waals surface area contributed by atoms with E-state index in [0.29, 0.717) is 11.5 Å². The first-order valence-electron chi connectivity index (χ1n) is 7.60. The van der Waals surface area contributed by atoms with Gasteiger partial charge in [-0.05, 0) is 37.8 Å². The minimum atomic E-state index is -0.0244. The van der Waals surface area contributed by atoms with Crippen LogP contribution in [0.25, 0.3) is 0 Å². The predicted octanol–water partition coefficient (Wildman–Crippen LogP) is 3.07. The Labute approximate surface area is 130 Å². The number of carbonyl (C=O) groups excluding carboxylic acids is 1. The third kappa shape index (κ3) is 2.93. The first-order valence-corrected chi connectivity index (χ1v) is 7.60. The second kappa shape index (κ2) is 6.13. The van der Waals surface area contributed by atoms with Crippen LogP contribution in [0.2, 0.25) is 0 Å². The number of para-hydroxylation sites is 1. The van der Waals surface area contributed by atoms with Crippen molar-refractivity contribution in [1.82, 2.24) is 14.9 Å². The topological polar surface area (TPSA) is 58.1 Å². The molecule has 5 heteroatoms. The summed E-state index contributed by atoms with van der Waals surface area (Å²) in [7, 11) is 0. The largest absolute Gasteiger partial charge is 0.339 e. The van der Waals surface area contributed by atoms with E-state index < -0.39 is 0 Å². The van der Waals surface area contributed by atoms with Gasteiger partial charge in [0.05, 0.1) is 12.4 Å². The van der Waals surface area contributed by atoms with Gasteiger partial charge in [0.15, 0.2) is 0 Å². The molecule has 2 heterocycles. The molecular weight excluding hydrogens is 276 g/mol. The molecule has 2 aromatic rings. The van der Waals surface area contributed by atoms with Crippen LogP contribution >= 0.6 is 0 Å². The van der Waals surface area contributed by atoms with Crippen molar-refractivity contribution in [3.8, 4) is 0 Å². The lowest BCUT2D eigenvalue weighted by molar-refractivity contribution is 0.0786. The fraction of sp³-hybridized carbons (Fsp3) is 0.353. The number of likely N-dealkylation sites (tertiary alicyclic amines) is 1. The van der Waals surface area contributed by atoms with E-state index in [1.165, 1.54) is 0 Å². The molecule has 0 unspecified atom stereocenters. The maximum Gasteiger partial charge on any atom is 0.274 e. The molecule has 1 saturated heterocycles. The van der Waals surface area contributed by atoms with Gasteiger partial charge in [0, 0.05) is 18.8 Å². The lowest BCUT2D eigenvalue weighted by Gasteiger charge is -2.15. The van der Waals surface area contributed by atoms with E-state index in [-0.39, 0.29) is 5.91 Å². The molecule has 114 valence electrons. The van der Waals surface area contributed by atoms with Crippen LogP contribution in [0, 0.1) is 13.8 Å². The van der Waals surface area contributed by atoms with Gasteiger partial charge < -0.3 is 10.2 Å². The summed E-state index contributed by atoms with van der Waals surface area (Å²) in [6.07, 6.45) is 5.32. The highest BCUT2D eigenvalue weighted by atomic mass is 16.2. The van der Waals surface area contributed by atoms with Gasteiger partial charge >= 0.3 is 0 Å². The number of amides is 1. The minimum absolute atomic E-state index is 0.0244. The smallest absolute Gasteiger partial charge is 0.274 e. The monoisotopic (exact) mass is 296 g/mol. The van der Waals surface area contributed by atoms with E-state index in [4.69, 9.17) is 0 Å². The quantitative estimate of drug-likeness (QED) is 0.945. The summed E-state index contributed by atoms with van der Waals surface area (Å²) < 4.78 is 0. The zero-order chi connectivity index (χ0) is 15.5. The van der Waals surface area contributed by atoms with Crippen LogP contribution in [-0.2, 0) is 0 Å². The number of anilines is 2. The molecular formula is C17H20N4O. The molecule has 1 aromatic heterocycles. The van der Waals surface area contributed by atoms with Crippen LogP contribution in [0.15, 0.2) is 30.6 Å². The van der Waals surface area contributed by atoms with Gasteiger partial charge in [-0.15, -0.1) is 0 Å². The van der Waals surface area contributed by atoms with Gasteiger partial charge in [-0.1, -0.05) is 18.2 Å². The molecule has 1 N–H and O–H groups in total. The first-order chi connectivity index (χ1) is 10.6. The van der Waals surface area contributed by atoms with Crippen molar-refractivity contribution in [3.05, 3.63) is 47.4 Å². The highest BCUT2D eigenvalue weighted by Gasteiger charge is 2.20. The van der Waals surface area contributed by atoms with Crippen molar-refractivity contribution in [2.24, 2.45) is 0 Å². The Morgan fingerprint density at radius 3 is 2.36 bits per heavy atom. The fourth-order valence-corrected chi connectivity index (χ4v) is 2.72. The summed E-state index contributed by atoms with van der Waals surface area (Å²) in [5, 5.41) is 3.28. The SMILES string of the molecule is Cc1cccc(C)c1Nc1cnc(C(=O)N2CCCC2)cn1. The Balaban J connectivity index is 1.75. The van der Waals surface area contributed by atoms with Crippen molar-refractivity contribution >= 4 is 17.4 Å². The maximum absolute atomic E-state index is 12.2. The second-order valence-corrected chi connectivity index (χ2v) is 5.68. The average molecular weight is 296 g/mol. The number of rotatable bonds is 3.